The van der Waals surface area contributed by atoms with Crippen molar-refractivity contribution in [1.82, 2.24) is 5.32 Å². The van der Waals surface area contributed by atoms with Crippen LogP contribution >= 0.6 is 11.6 Å². The summed E-state index contributed by atoms with van der Waals surface area (Å²) in [6, 6.07) is 14.5. The van der Waals surface area contributed by atoms with Gasteiger partial charge in [0.2, 0.25) is 0 Å². The van der Waals surface area contributed by atoms with E-state index < -0.39 is 5.97 Å². The second kappa shape index (κ2) is 8.34. The molecule has 2 rings (SSSR count). The SMILES string of the molecule is Cc1cccc(C(=O)OCC(=O)NCCc2ccc(Cl)cc2)c1. The number of rotatable bonds is 6. The predicted molar refractivity (Wildman–Crippen MR) is 89.6 cm³/mol. The third kappa shape index (κ3) is 5.75. The molecule has 0 atom stereocenters. The highest BCUT2D eigenvalue weighted by Gasteiger charge is 2.09. The maximum Gasteiger partial charge on any atom is 0.338 e. The molecule has 0 aliphatic heterocycles. The van der Waals surface area contributed by atoms with Gasteiger partial charge in [0.25, 0.3) is 5.91 Å². The lowest BCUT2D eigenvalue weighted by molar-refractivity contribution is -0.124. The Morgan fingerprint density at radius 3 is 2.57 bits per heavy atom. The number of hydrogen-bond acceptors (Lipinski definition) is 3. The molecule has 0 bridgehead atoms. The van der Waals surface area contributed by atoms with Crippen molar-refractivity contribution in [2.75, 3.05) is 13.2 Å². The fourth-order valence-electron chi connectivity index (χ4n) is 2.03. The minimum Gasteiger partial charge on any atom is -0.452 e. The number of halogens is 1. The number of ether oxygens (including phenoxy) is 1. The summed E-state index contributed by atoms with van der Waals surface area (Å²) < 4.78 is 4.99. The van der Waals surface area contributed by atoms with Gasteiger partial charge in [0.1, 0.15) is 0 Å². The zero-order chi connectivity index (χ0) is 16.7. The quantitative estimate of drug-likeness (QED) is 0.827. The summed E-state index contributed by atoms with van der Waals surface area (Å²) in [7, 11) is 0. The Balaban J connectivity index is 1.70. The standard InChI is InChI=1S/C18H18ClNO3/c1-13-3-2-4-15(11-13)18(22)23-12-17(21)20-10-9-14-5-7-16(19)8-6-14/h2-8,11H,9-10,12H2,1H3,(H,20,21). The first-order chi connectivity index (χ1) is 11.0. The highest BCUT2D eigenvalue weighted by molar-refractivity contribution is 6.30. The third-order valence-electron chi connectivity index (χ3n) is 3.24. The van der Waals surface area contributed by atoms with Gasteiger partial charge in [0, 0.05) is 11.6 Å². The van der Waals surface area contributed by atoms with Crippen LogP contribution < -0.4 is 5.32 Å². The number of carbonyl (C=O) groups is 2. The van der Waals surface area contributed by atoms with Crippen LogP contribution in [0.4, 0.5) is 0 Å². The van der Waals surface area contributed by atoms with E-state index in [4.69, 9.17) is 16.3 Å². The first-order valence-electron chi connectivity index (χ1n) is 7.29. The highest BCUT2D eigenvalue weighted by atomic mass is 35.5. The number of nitrogens with one attached hydrogen (secondary N) is 1. The second-order valence-electron chi connectivity index (χ2n) is 5.17. The molecule has 0 saturated heterocycles. The minimum absolute atomic E-state index is 0.284. The summed E-state index contributed by atoms with van der Waals surface area (Å²) in [5.41, 5.74) is 2.48. The van der Waals surface area contributed by atoms with Crippen molar-refractivity contribution in [3.63, 3.8) is 0 Å². The smallest absolute Gasteiger partial charge is 0.338 e. The van der Waals surface area contributed by atoms with Crippen LogP contribution in [-0.2, 0) is 16.0 Å². The molecule has 4 nitrogen and oxygen atoms in total. The molecule has 0 heterocycles. The van der Waals surface area contributed by atoms with Gasteiger partial charge in [-0.2, -0.15) is 0 Å². The zero-order valence-electron chi connectivity index (χ0n) is 12.8. The second-order valence-corrected chi connectivity index (χ2v) is 5.61. The molecule has 5 heteroatoms. The van der Waals surface area contributed by atoms with Gasteiger partial charge in [-0.3, -0.25) is 4.79 Å². The van der Waals surface area contributed by atoms with Gasteiger partial charge in [-0.15, -0.1) is 0 Å². The highest BCUT2D eigenvalue weighted by Crippen LogP contribution is 2.09. The van der Waals surface area contributed by atoms with Crippen LogP contribution in [0, 0.1) is 6.92 Å². The fourth-order valence-corrected chi connectivity index (χ4v) is 2.16. The van der Waals surface area contributed by atoms with Gasteiger partial charge in [-0.1, -0.05) is 41.4 Å². The molecule has 0 unspecified atom stereocenters. The average Bonchev–Trinajstić information content (AvgIpc) is 2.54. The van der Waals surface area contributed by atoms with Gasteiger partial charge in [0.05, 0.1) is 5.56 Å². The van der Waals surface area contributed by atoms with Crippen molar-refractivity contribution in [3.05, 3.63) is 70.2 Å². The van der Waals surface area contributed by atoms with Crippen LogP contribution in [0.3, 0.4) is 0 Å². The molecule has 1 N–H and O–H groups in total. The van der Waals surface area contributed by atoms with E-state index in [0.717, 1.165) is 11.1 Å². The van der Waals surface area contributed by atoms with E-state index in [1.54, 1.807) is 18.2 Å². The normalized spacial score (nSPS) is 10.2. The predicted octanol–water partition coefficient (Wildman–Crippen LogP) is 3.16. The Bertz CT molecular complexity index is 683. The Kier molecular flexibility index (Phi) is 6.18. The third-order valence-corrected chi connectivity index (χ3v) is 3.49. The van der Waals surface area contributed by atoms with Crippen LogP contribution in [-0.4, -0.2) is 25.0 Å². The van der Waals surface area contributed by atoms with Crippen LogP contribution in [0.25, 0.3) is 0 Å². The summed E-state index contributed by atoms with van der Waals surface area (Å²) in [6.07, 6.45) is 0.689. The topological polar surface area (TPSA) is 55.4 Å². The molecule has 23 heavy (non-hydrogen) atoms. The van der Waals surface area contributed by atoms with Gasteiger partial charge >= 0.3 is 5.97 Å². The molecule has 0 radical (unpaired) electrons. The number of carbonyl (C=O) groups excluding carboxylic acids is 2. The van der Waals surface area contributed by atoms with Gasteiger partial charge in [-0.25, -0.2) is 4.79 Å². The lowest BCUT2D eigenvalue weighted by atomic mass is 10.1. The molecule has 1 amide bonds. The minimum atomic E-state index is -0.499. The average molecular weight is 332 g/mol. The lowest BCUT2D eigenvalue weighted by Gasteiger charge is -2.07. The van der Waals surface area contributed by atoms with Gasteiger partial charge in [-0.05, 0) is 43.2 Å². The fraction of sp³-hybridized carbons (Fsp3) is 0.222. The summed E-state index contributed by atoms with van der Waals surface area (Å²) in [6.45, 7) is 2.08. The van der Waals surface area contributed by atoms with Gasteiger partial charge < -0.3 is 10.1 Å². The maximum atomic E-state index is 11.8. The zero-order valence-corrected chi connectivity index (χ0v) is 13.6. The molecular weight excluding hydrogens is 314 g/mol. The van der Waals surface area contributed by atoms with Crippen molar-refractivity contribution >= 4 is 23.5 Å². The molecule has 0 spiro atoms. The van der Waals surface area contributed by atoms with E-state index in [1.165, 1.54) is 0 Å². The van der Waals surface area contributed by atoms with Crippen LogP contribution in [0.5, 0.6) is 0 Å². The van der Waals surface area contributed by atoms with E-state index in [1.807, 2.05) is 37.3 Å². The van der Waals surface area contributed by atoms with Gasteiger partial charge in [0.15, 0.2) is 6.61 Å². The Morgan fingerprint density at radius 1 is 1.13 bits per heavy atom. The molecule has 2 aromatic carbocycles. The number of esters is 1. The van der Waals surface area contributed by atoms with Crippen LogP contribution in [0.1, 0.15) is 21.5 Å². The molecule has 120 valence electrons. The number of benzene rings is 2. The van der Waals surface area contributed by atoms with Crippen LogP contribution in [0.15, 0.2) is 48.5 Å². The van der Waals surface area contributed by atoms with E-state index in [2.05, 4.69) is 5.32 Å². The lowest BCUT2D eigenvalue weighted by Crippen LogP contribution is -2.30. The molecule has 0 fully saturated rings. The van der Waals surface area contributed by atoms with Crippen molar-refractivity contribution in [3.8, 4) is 0 Å². The molecule has 0 aliphatic carbocycles. The Labute approximate surface area is 140 Å². The summed E-state index contributed by atoms with van der Waals surface area (Å²) in [5, 5.41) is 3.40. The molecule has 2 aromatic rings. The largest absolute Gasteiger partial charge is 0.452 e. The molecule has 0 aromatic heterocycles. The first kappa shape index (κ1) is 17.0. The van der Waals surface area contributed by atoms with Crippen molar-refractivity contribution < 1.29 is 14.3 Å². The van der Waals surface area contributed by atoms with E-state index in [9.17, 15) is 9.59 Å². The van der Waals surface area contributed by atoms with Crippen molar-refractivity contribution in [2.45, 2.75) is 13.3 Å². The number of hydrogen-bond donors (Lipinski definition) is 1. The maximum absolute atomic E-state index is 11.8. The van der Waals surface area contributed by atoms with Crippen molar-refractivity contribution in [1.29, 1.82) is 0 Å². The van der Waals surface area contributed by atoms with Crippen LogP contribution in [0.2, 0.25) is 5.02 Å². The summed E-state index contributed by atoms with van der Waals surface area (Å²) in [5.74, 6) is -0.818. The summed E-state index contributed by atoms with van der Waals surface area (Å²) >= 11 is 5.81. The van der Waals surface area contributed by atoms with E-state index >= 15 is 0 Å². The molecule has 0 aliphatic rings. The summed E-state index contributed by atoms with van der Waals surface area (Å²) in [4.78, 5) is 23.5. The monoisotopic (exact) mass is 331 g/mol. The first-order valence-corrected chi connectivity index (χ1v) is 7.67. The number of amides is 1. The van der Waals surface area contributed by atoms with E-state index in [-0.39, 0.29) is 12.5 Å². The number of aryl methyl sites for hydroxylation is 1. The Hall–Kier alpha value is -2.33. The van der Waals surface area contributed by atoms with E-state index in [0.29, 0.717) is 23.6 Å². The Morgan fingerprint density at radius 2 is 1.87 bits per heavy atom. The van der Waals surface area contributed by atoms with Crippen molar-refractivity contribution in [2.24, 2.45) is 0 Å². The molecular formula is C18H18ClNO3. The molecule has 0 saturated carbocycles.